The predicted octanol–water partition coefficient (Wildman–Crippen LogP) is 3.17. The molecule has 0 radical (unpaired) electrons. The fourth-order valence-corrected chi connectivity index (χ4v) is 1.06. The van der Waals surface area contributed by atoms with Crippen molar-refractivity contribution in [2.45, 2.75) is 26.9 Å². The third-order valence-electron chi connectivity index (χ3n) is 2.25. The Balaban J connectivity index is 3.09. The molecule has 0 fully saturated rings. The second-order valence-corrected chi connectivity index (χ2v) is 4.93. The summed E-state index contributed by atoms with van der Waals surface area (Å²) >= 11 is 0. The minimum atomic E-state index is -4.65. The number of aliphatic hydroxyl groups excluding tert-OH is 1. The van der Waals surface area contributed by atoms with E-state index in [-0.39, 0.29) is 5.76 Å². The van der Waals surface area contributed by atoms with Gasteiger partial charge in [-0.15, -0.1) is 0 Å². The molecule has 0 aliphatic rings. The highest BCUT2D eigenvalue weighted by Gasteiger charge is 2.33. The molecule has 1 rings (SSSR count). The van der Waals surface area contributed by atoms with E-state index in [4.69, 9.17) is 0 Å². The van der Waals surface area contributed by atoms with Crippen LogP contribution in [0.5, 0.6) is 0 Å². The van der Waals surface area contributed by atoms with Crippen LogP contribution in [0.4, 0.5) is 13.2 Å². The van der Waals surface area contributed by atoms with Crippen molar-refractivity contribution in [3.63, 3.8) is 0 Å². The van der Waals surface area contributed by atoms with Crippen LogP contribution in [0, 0.1) is 5.41 Å². The van der Waals surface area contributed by atoms with E-state index in [1.165, 1.54) is 0 Å². The first-order valence-electron chi connectivity index (χ1n) is 5.36. The van der Waals surface area contributed by atoms with Crippen molar-refractivity contribution in [3.05, 3.63) is 35.6 Å². The molecule has 0 aromatic carbocycles. The Bertz CT molecular complexity index is 516. The summed E-state index contributed by atoms with van der Waals surface area (Å²) in [5, 5.41) is 9.62. The molecule has 4 nitrogen and oxygen atoms in total. The third-order valence-corrected chi connectivity index (χ3v) is 2.25. The number of aliphatic hydroxyl groups is 1. The minimum Gasteiger partial charge on any atom is -0.512 e. The highest BCUT2D eigenvalue weighted by molar-refractivity contribution is 6.03. The molecule has 1 N–H and O–H groups in total. The lowest BCUT2D eigenvalue weighted by atomic mass is 9.93. The van der Waals surface area contributed by atoms with Crippen molar-refractivity contribution in [1.29, 1.82) is 0 Å². The monoisotopic (exact) mass is 274 g/mol. The van der Waals surface area contributed by atoms with Crippen LogP contribution in [0.3, 0.4) is 0 Å². The summed E-state index contributed by atoms with van der Waals surface area (Å²) in [4.78, 5) is 18.2. The van der Waals surface area contributed by atoms with Gasteiger partial charge in [-0.2, -0.15) is 13.2 Å². The lowest BCUT2D eigenvalue weighted by Gasteiger charge is -2.16. The molecule has 0 unspecified atom stereocenters. The van der Waals surface area contributed by atoms with Gasteiger partial charge in [0, 0.05) is 11.5 Å². The second kappa shape index (κ2) is 4.99. The van der Waals surface area contributed by atoms with E-state index in [0.717, 1.165) is 6.08 Å². The first kappa shape index (κ1) is 15.1. The van der Waals surface area contributed by atoms with Crippen LogP contribution in [0.25, 0.3) is 0 Å². The molecule has 0 aliphatic carbocycles. The van der Waals surface area contributed by atoms with Gasteiger partial charge in [-0.3, -0.25) is 4.79 Å². The fraction of sp³-hybridized carbons (Fsp3) is 0.417. The Labute approximate surface area is 108 Å². The molecule has 0 saturated carbocycles. The Morgan fingerprint density at radius 2 is 1.84 bits per heavy atom. The van der Waals surface area contributed by atoms with E-state index in [1.54, 1.807) is 20.8 Å². The number of rotatable bonds is 2. The summed E-state index contributed by atoms with van der Waals surface area (Å²) in [6.45, 7) is 4.98. The van der Waals surface area contributed by atoms with Gasteiger partial charge in [-0.05, 0) is 6.07 Å². The van der Waals surface area contributed by atoms with Crippen molar-refractivity contribution in [2.24, 2.45) is 5.41 Å². The molecule has 0 bridgehead atoms. The van der Waals surface area contributed by atoms with Crippen molar-refractivity contribution in [3.8, 4) is 0 Å². The molecule has 1 heterocycles. The smallest absolute Gasteiger partial charge is 0.433 e. The number of hydrogen-bond donors (Lipinski definition) is 1. The van der Waals surface area contributed by atoms with Gasteiger partial charge in [0.05, 0.1) is 0 Å². The van der Waals surface area contributed by atoms with Crippen LogP contribution in [-0.2, 0) is 6.18 Å². The van der Waals surface area contributed by atoms with E-state index < -0.39 is 28.8 Å². The van der Waals surface area contributed by atoms with Gasteiger partial charge in [0.2, 0.25) is 5.78 Å². The fourth-order valence-electron chi connectivity index (χ4n) is 1.06. The number of nitrogens with zero attached hydrogens (tertiary/aromatic N) is 2. The standard InChI is InChI=1S/C12H13F3N2O2/c1-11(2,3)10(19)5-8(18)7-4-9(12(13,14)15)17-6-16-7/h4-6,19H,1-3H3/b10-5-. The van der Waals surface area contributed by atoms with Gasteiger partial charge in [0.15, 0.2) is 0 Å². The highest BCUT2D eigenvalue weighted by Crippen LogP contribution is 2.27. The third kappa shape index (κ3) is 4.04. The molecule has 19 heavy (non-hydrogen) atoms. The number of carbonyl (C=O) groups excluding carboxylic acids is 1. The zero-order chi connectivity index (χ0) is 14.8. The molecule has 1 aromatic heterocycles. The van der Waals surface area contributed by atoms with Crippen molar-refractivity contribution in [1.82, 2.24) is 9.97 Å². The van der Waals surface area contributed by atoms with Crippen molar-refractivity contribution in [2.75, 3.05) is 0 Å². The highest BCUT2D eigenvalue weighted by atomic mass is 19.4. The van der Waals surface area contributed by atoms with Crippen molar-refractivity contribution < 1.29 is 23.1 Å². The largest absolute Gasteiger partial charge is 0.512 e. The normalized spacial score (nSPS) is 13.5. The van der Waals surface area contributed by atoms with E-state index in [9.17, 15) is 23.1 Å². The summed E-state index contributed by atoms with van der Waals surface area (Å²) in [6.07, 6.45) is -3.12. The van der Waals surface area contributed by atoms with Crippen LogP contribution < -0.4 is 0 Å². The molecule has 0 saturated heterocycles. The quantitative estimate of drug-likeness (QED) is 0.511. The summed E-state index contributed by atoms with van der Waals surface area (Å²) in [5.41, 5.74) is -2.29. The van der Waals surface area contributed by atoms with E-state index >= 15 is 0 Å². The molecule has 104 valence electrons. The average Bonchev–Trinajstić information content (AvgIpc) is 2.26. The number of aromatic nitrogens is 2. The lowest BCUT2D eigenvalue weighted by molar-refractivity contribution is -0.141. The number of hydrogen-bond acceptors (Lipinski definition) is 4. The molecule has 0 amide bonds. The summed E-state index contributed by atoms with van der Waals surface area (Å²) in [5.74, 6) is -1.04. The van der Waals surface area contributed by atoms with Gasteiger partial charge >= 0.3 is 6.18 Å². The molecule has 0 atom stereocenters. The summed E-state index contributed by atoms with van der Waals surface area (Å²) < 4.78 is 37.3. The van der Waals surface area contributed by atoms with Gasteiger partial charge in [0.1, 0.15) is 23.5 Å². The molecule has 0 aliphatic heterocycles. The van der Waals surface area contributed by atoms with E-state index in [1.807, 2.05) is 0 Å². The summed E-state index contributed by atoms with van der Waals surface area (Å²) in [7, 11) is 0. The van der Waals surface area contributed by atoms with Gasteiger partial charge < -0.3 is 5.11 Å². The average molecular weight is 274 g/mol. The van der Waals surface area contributed by atoms with E-state index in [0.29, 0.717) is 12.4 Å². The Morgan fingerprint density at radius 3 is 2.32 bits per heavy atom. The Hall–Kier alpha value is -1.92. The number of halogens is 3. The van der Waals surface area contributed by atoms with Crippen LogP contribution in [0.2, 0.25) is 0 Å². The Kier molecular flexibility index (Phi) is 3.97. The van der Waals surface area contributed by atoms with Crippen LogP contribution in [0.1, 0.15) is 37.0 Å². The first-order chi connectivity index (χ1) is 8.51. The Morgan fingerprint density at radius 1 is 1.26 bits per heavy atom. The SMILES string of the molecule is CC(C)(C)/C(O)=C/C(=O)c1cc(C(F)(F)F)ncn1. The maximum absolute atomic E-state index is 12.4. The zero-order valence-electron chi connectivity index (χ0n) is 10.6. The minimum absolute atomic E-state index is 0.232. The first-order valence-corrected chi connectivity index (χ1v) is 5.36. The number of alkyl halides is 3. The van der Waals surface area contributed by atoms with Crippen LogP contribution >= 0.6 is 0 Å². The summed E-state index contributed by atoms with van der Waals surface area (Å²) in [6, 6.07) is 0.550. The molecule has 0 spiro atoms. The maximum atomic E-state index is 12.4. The maximum Gasteiger partial charge on any atom is 0.433 e. The topological polar surface area (TPSA) is 63.1 Å². The van der Waals surface area contributed by atoms with E-state index in [2.05, 4.69) is 9.97 Å². The number of allylic oxidation sites excluding steroid dienone is 2. The predicted molar refractivity (Wildman–Crippen MR) is 61.5 cm³/mol. The van der Waals surface area contributed by atoms with Crippen LogP contribution in [0.15, 0.2) is 24.2 Å². The molecular weight excluding hydrogens is 261 g/mol. The van der Waals surface area contributed by atoms with Gasteiger partial charge in [-0.1, -0.05) is 20.8 Å². The van der Waals surface area contributed by atoms with Gasteiger partial charge in [-0.25, -0.2) is 9.97 Å². The van der Waals surface area contributed by atoms with Crippen LogP contribution in [-0.4, -0.2) is 20.9 Å². The number of ketones is 1. The molecule has 1 aromatic rings. The second-order valence-electron chi connectivity index (χ2n) is 4.93. The van der Waals surface area contributed by atoms with Gasteiger partial charge in [0.25, 0.3) is 0 Å². The zero-order valence-corrected chi connectivity index (χ0v) is 10.6. The molecular formula is C12H13F3N2O2. The number of carbonyl (C=O) groups is 1. The lowest BCUT2D eigenvalue weighted by Crippen LogP contribution is -2.13. The molecule has 7 heteroatoms. The van der Waals surface area contributed by atoms with Crippen molar-refractivity contribution >= 4 is 5.78 Å².